The number of nitrogens with one attached hydrogen (secondary N) is 2. The summed E-state index contributed by atoms with van der Waals surface area (Å²) in [6.45, 7) is 6.28. The fraction of sp³-hybridized carbons (Fsp3) is 0.455. The number of hydrogen-bond acceptors (Lipinski definition) is 3. The van der Waals surface area contributed by atoms with Crippen molar-refractivity contribution in [2.45, 2.75) is 13.0 Å². The third kappa shape index (κ3) is 3.51. The van der Waals surface area contributed by atoms with Gasteiger partial charge in [-0.1, -0.05) is 6.08 Å². The summed E-state index contributed by atoms with van der Waals surface area (Å²) in [5, 5.41) is 5.81. The zero-order valence-corrected chi connectivity index (χ0v) is 9.73. The normalized spacial score (nSPS) is 12.1. The van der Waals surface area contributed by atoms with Crippen LogP contribution in [-0.2, 0) is 11.8 Å². The predicted molar refractivity (Wildman–Crippen MR) is 62.8 cm³/mol. The molecule has 5 nitrogen and oxygen atoms in total. The summed E-state index contributed by atoms with van der Waals surface area (Å²) in [5.74, 6) is 0.873. The Kier molecular flexibility index (Phi) is 4.72. The van der Waals surface area contributed by atoms with Crippen LogP contribution >= 0.6 is 0 Å². The highest BCUT2D eigenvalue weighted by Gasteiger charge is 2.10. The van der Waals surface area contributed by atoms with Crippen LogP contribution in [0.3, 0.4) is 0 Å². The van der Waals surface area contributed by atoms with Crippen LogP contribution in [-0.4, -0.2) is 28.5 Å². The molecule has 0 aliphatic rings. The van der Waals surface area contributed by atoms with Gasteiger partial charge in [0, 0.05) is 26.0 Å². The second-order valence-electron chi connectivity index (χ2n) is 3.59. The lowest BCUT2D eigenvalue weighted by atomic mass is 10.3. The Hall–Kier alpha value is -1.62. The Morgan fingerprint density at radius 2 is 2.50 bits per heavy atom. The molecule has 1 atom stereocenters. The highest BCUT2D eigenvalue weighted by molar-refractivity contribution is 5.78. The zero-order valence-electron chi connectivity index (χ0n) is 9.73. The Balaban J connectivity index is 2.35. The van der Waals surface area contributed by atoms with Gasteiger partial charge in [0.15, 0.2) is 0 Å². The first kappa shape index (κ1) is 12.4. The van der Waals surface area contributed by atoms with E-state index in [0.29, 0.717) is 6.54 Å². The number of imidazole rings is 1. The van der Waals surface area contributed by atoms with Crippen LogP contribution in [0, 0.1) is 0 Å². The van der Waals surface area contributed by atoms with Gasteiger partial charge in [-0.05, 0) is 6.92 Å². The van der Waals surface area contributed by atoms with Crippen LogP contribution in [0.25, 0.3) is 0 Å². The fourth-order valence-corrected chi connectivity index (χ4v) is 1.38. The highest BCUT2D eigenvalue weighted by atomic mass is 16.1. The van der Waals surface area contributed by atoms with Crippen LogP contribution in [0.5, 0.6) is 0 Å². The number of carbonyl (C=O) groups excluding carboxylic acids is 1. The Labute approximate surface area is 95.6 Å². The maximum absolute atomic E-state index is 11.3. The lowest BCUT2D eigenvalue weighted by molar-refractivity contribution is -0.120. The molecule has 88 valence electrons. The largest absolute Gasteiger partial charge is 0.352 e. The third-order valence-electron chi connectivity index (χ3n) is 2.26. The predicted octanol–water partition coefficient (Wildman–Crippen LogP) is 0.373. The van der Waals surface area contributed by atoms with E-state index in [1.54, 1.807) is 12.3 Å². The minimum atomic E-state index is -0.0408. The maximum atomic E-state index is 11.3. The van der Waals surface area contributed by atoms with Gasteiger partial charge in [-0.3, -0.25) is 10.1 Å². The molecule has 0 fully saturated rings. The van der Waals surface area contributed by atoms with Gasteiger partial charge in [0.25, 0.3) is 0 Å². The molecule has 1 aromatic rings. The van der Waals surface area contributed by atoms with Gasteiger partial charge in [-0.25, -0.2) is 4.98 Å². The van der Waals surface area contributed by atoms with E-state index in [1.165, 1.54) is 0 Å². The number of aromatic nitrogens is 2. The zero-order chi connectivity index (χ0) is 12.0. The molecule has 1 unspecified atom stereocenters. The van der Waals surface area contributed by atoms with E-state index in [9.17, 15) is 4.79 Å². The molecule has 0 aliphatic carbocycles. The summed E-state index contributed by atoms with van der Waals surface area (Å²) in [4.78, 5) is 15.5. The Morgan fingerprint density at radius 1 is 1.75 bits per heavy atom. The Morgan fingerprint density at radius 3 is 3.06 bits per heavy atom. The van der Waals surface area contributed by atoms with Gasteiger partial charge in [0.05, 0.1) is 12.6 Å². The monoisotopic (exact) mass is 222 g/mol. The lowest BCUT2D eigenvalue weighted by Gasteiger charge is -2.13. The first-order chi connectivity index (χ1) is 7.65. The van der Waals surface area contributed by atoms with Crippen molar-refractivity contribution < 1.29 is 4.79 Å². The molecule has 0 radical (unpaired) electrons. The van der Waals surface area contributed by atoms with Gasteiger partial charge in [-0.15, -0.1) is 6.58 Å². The minimum Gasteiger partial charge on any atom is -0.352 e. The van der Waals surface area contributed by atoms with Crippen molar-refractivity contribution in [3.05, 3.63) is 30.9 Å². The van der Waals surface area contributed by atoms with Crippen LogP contribution in [0.2, 0.25) is 0 Å². The van der Waals surface area contributed by atoms with Gasteiger partial charge >= 0.3 is 0 Å². The van der Waals surface area contributed by atoms with Crippen molar-refractivity contribution in [3.8, 4) is 0 Å². The average molecular weight is 222 g/mol. The molecule has 0 saturated carbocycles. The molecule has 1 aromatic heterocycles. The van der Waals surface area contributed by atoms with Gasteiger partial charge < -0.3 is 9.88 Å². The first-order valence-electron chi connectivity index (χ1n) is 5.23. The van der Waals surface area contributed by atoms with Crippen LogP contribution in [0.1, 0.15) is 18.8 Å². The van der Waals surface area contributed by atoms with Gasteiger partial charge in [0.1, 0.15) is 5.82 Å². The average Bonchev–Trinajstić information content (AvgIpc) is 2.69. The number of rotatable bonds is 6. The van der Waals surface area contributed by atoms with Crippen molar-refractivity contribution in [2.75, 3.05) is 13.1 Å². The van der Waals surface area contributed by atoms with E-state index in [0.717, 1.165) is 5.82 Å². The summed E-state index contributed by atoms with van der Waals surface area (Å²) in [6.07, 6.45) is 5.27. The second-order valence-corrected chi connectivity index (χ2v) is 3.59. The molecule has 16 heavy (non-hydrogen) atoms. The molecule has 5 heteroatoms. The van der Waals surface area contributed by atoms with E-state index in [1.807, 2.05) is 24.7 Å². The first-order valence-corrected chi connectivity index (χ1v) is 5.23. The molecular weight excluding hydrogens is 204 g/mol. The van der Waals surface area contributed by atoms with Crippen LogP contribution in [0.15, 0.2) is 25.0 Å². The van der Waals surface area contributed by atoms with Crippen molar-refractivity contribution in [2.24, 2.45) is 7.05 Å². The minimum absolute atomic E-state index is 0.0408. The van der Waals surface area contributed by atoms with E-state index >= 15 is 0 Å². The number of aryl methyl sites for hydroxylation is 1. The molecule has 2 N–H and O–H groups in total. The van der Waals surface area contributed by atoms with Crippen molar-refractivity contribution in [1.29, 1.82) is 0 Å². The molecule has 1 rings (SSSR count). The number of amides is 1. The second kappa shape index (κ2) is 6.07. The summed E-state index contributed by atoms with van der Waals surface area (Å²) in [5.41, 5.74) is 0. The van der Waals surface area contributed by atoms with E-state index in [2.05, 4.69) is 22.2 Å². The molecule has 0 aliphatic heterocycles. The highest BCUT2D eigenvalue weighted by Crippen LogP contribution is 2.07. The van der Waals surface area contributed by atoms with E-state index < -0.39 is 0 Å². The van der Waals surface area contributed by atoms with Crippen molar-refractivity contribution in [3.63, 3.8) is 0 Å². The molecule has 0 saturated heterocycles. The standard InChI is InChI=1S/C11H18N4O/c1-4-5-12-10(16)8-14-9(2)11-13-6-7-15(11)3/h4,6-7,9,14H,1,5,8H2,2-3H3,(H,12,16). The lowest BCUT2D eigenvalue weighted by Crippen LogP contribution is -2.35. The van der Waals surface area contributed by atoms with Crippen molar-refractivity contribution >= 4 is 5.91 Å². The molecule has 0 bridgehead atoms. The quantitative estimate of drug-likeness (QED) is 0.684. The van der Waals surface area contributed by atoms with E-state index in [4.69, 9.17) is 0 Å². The summed E-state index contributed by atoms with van der Waals surface area (Å²) in [7, 11) is 1.93. The van der Waals surface area contributed by atoms with Crippen LogP contribution < -0.4 is 10.6 Å². The van der Waals surface area contributed by atoms with Crippen molar-refractivity contribution in [1.82, 2.24) is 20.2 Å². The van der Waals surface area contributed by atoms with Crippen LogP contribution in [0.4, 0.5) is 0 Å². The topological polar surface area (TPSA) is 59.0 Å². The van der Waals surface area contributed by atoms with Gasteiger partial charge in [-0.2, -0.15) is 0 Å². The maximum Gasteiger partial charge on any atom is 0.234 e. The SMILES string of the molecule is C=CCNC(=O)CNC(C)c1nccn1C. The summed E-state index contributed by atoms with van der Waals surface area (Å²) in [6, 6.07) is 0.0504. The summed E-state index contributed by atoms with van der Waals surface area (Å²) >= 11 is 0. The molecular formula is C11H18N4O. The number of hydrogen-bond donors (Lipinski definition) is 2. The third-order valence-corrected chi connectivity index (χ3v) is 2.26. The Bertz CT molecular complexity index is 359. The van der Waals surface area contributed by atoms with Gasteiger partial charge in [0.2, 0.25) is 5.91 Å². The molecule has 0 spiro atoms. The van der Waals surface area contributed by atoms with E-state index in [-0.39, 0.29) is 18.5 Å². The molecule has 0 aromatic carbocycles. The molecule has 1 amide bonds. The smallest absolute Gasteiger partial charge is 0.234 e. The number of carbonyl (C=O) groups is 1. The fourth-order valence-electron chi connectivity index (χ4n) is 1.38. The number of nitrogens with zero attached hydrogens (tertiary/aromatic N) is 2. The summed E-state index contributed by atoms with van der Waals surface area (Å²) < 4.78 is 1.93. The molecule has 1 heterocycles.